The minimum Gasteiger partial charge on any atom is -0.432 e. The molecule has 0 aromatic rings. The van der Waals surface area contributed by atoms with Gasteiger partial charge in [0.25, 0.3) is 0 Å². The van der Waals surface area contributed by atoms with Gasteiger partial charge in [0.15, 0.2) is 12.6 Å². The maximum absolute atomic E-state index is 15.0. The number of hydrogen-bond acceptors (Lipinski definition) is 18. The van der Waals surface area contributed by atoms with Gasteiger partial charge in [-0.15, -0.1) is 0 Å². The van der Waals surface area contributed by atoms with Crippen LogP contribution in [-0.4, -0.2) is 180 Å². The van der Waals surface area contributed by atoms with E-state index in [1.807, 2.05) is 6.92 Å². The molecular weight excluding hydrogens is 865 g/mol. The minimum absolute atomic E-state index is 0.0599. The molecule has 0 aromatic heterocycles. The Morgan fingerprint density at radius 3 is 1.82 bits per heavy atom. The fourth-order valence-electron chi connectivity index (χ4n) is 14.9. The van der Waals surface area contributed by atoms with E-state index in [0.29, 0.717) is 25.2 Å². The number of fused-ring (bicyclic) bond motifs is 7. The molecule has 378 valence electrons. The summed E-state index contributed by atoms with van der Waals surface area (Å²) in [5, 5.41) is 119. The zero-order valence-electron chi connectivity index (χ0n) is 39.5. The number of ether oxygens (including phenoxy) is 6. The normalized spacial score (nSPS) is 54.8. The molecule has 18 heteroatoms. The van der Waals surface area contributed by atoms with Crippen LogP contribution in [0.15, 0.2) is 11.6 Å². The van der Waals surface area contributed by atoms with Crippen molar-refractivity contribution in [1.82, 2.24) is 0 Å². The van der Waals surface area contributed by atoms with Crippen molar-refractivity contribution in [1.29, 1.82) is 0 Å². The lowest BCUT2D eigenvalue weighted by molar-refractivity contribution is -0.377. The second-order valence-electron chi connectivity index (χ2n) is 23.3. The molecule has 7 fully saturated rings. The predicted octanol–water partition coefficient (Wildman–Crippen LogP) is 0.141. The van der Waals surface area contributed by atoms with E-state index in [2.05, 4.69) is 40.7 Å². The maximum atomic E-state index is 15.0. The Hall–Kier alpha value is -1.43. The molecule has 3 heterocycles. The maximum Gasteiger partial charge on any atom is 0.315 e. The molecule has 3 aliphatic heterocycles. The molecule has 11 N–H and O–H groups in total. The van der Waals surface area contributed by atoms with E-state index in [-0.39, 0.29) is 40.1 Å². The van der Waals surface area contributed by atoms with Gasteiger partial charge in [-0.05, 0) is 111 Å². The number of aliphatic hydroxyl groups excluding tert-OH is 11. The largest absolute Gasteiger partial charge is 0.432 e. The van der Waals surface area contributed by atoms with Crippen LogP contribution in [0.5, 0.6) is 0 Å². The Morgan fingerprint density at radius 1 is 0.652 bits per heavy atom. The number of rotatable bonds is 9. The number of carbonyl (C=O) groups is 1. The van der Waals surface area contributed by atoms with Gasteiger partial charge in [-0.25, -0.2) is 0 Å². The van der Waals surface area contributed by atoms with Crippen LogP contribution in [-0.2, 0) is 33.2 Å². The SMILES string of the molecule is C[C@@H]1O[C@@H](O[C@H]2[C@H](O)[C@@H](O)[C@H](O[C@H]3[C@H](O)[C@@H](O)[C@H](OC(=O)[C@]45CCC(C)(C)C[C@H]4C4=CC[C@H]6[C@@]7(C)CC[C@H](O)[C@@](C)(CO)[C@@H]7CC[C@@]6(C)[C@@]4(C)CC5)O[C@@H]3CO)O[C@@H]2CO)[C@H](O)[C@H](O)[C@H]1O. The van der Waals surface area contributed by atoms with Crippen LogP contribution >= 0.6 is 0 Å². The number of hydrogen-bond donors (Lipinski definition) is 11. The topological polar surface area (TPSA) is 295 Å². The molecule has 18 nitrogen and oxygen atoms in total. The van der Waals surface area contributed by atoms with Crippen LogP contribution in [0.4, 0.5) is 0 Å². The van der Waals surface area contributed by atoms with Crippen LogP contribution in [0.2, 0.25) is 0 Å². The average Bonchev–Trinajstić information content (AvgIpc) is 3.28. The molecule has 0 aromatic carbocycles. The molecule has 66 heavy (non-hydrogen) atoms. The smallest absolute Gasteiger partial charge is 0.315 e. The van der Waals surface area contributed by atoms with Crippen LogP contribution in [0.25, 0.3) is 0 Å². The summed E-state index contributed by atoms with van der Waals surface area (Å²) >= 11 is 0. The molecule has 3 saturated heterocycles. The highest BCUT2D eigenvalue weighted by atomic mass is 16.8. The van der Waals surface area contributed by atoms with Crippen LogP contribution < -0.4 is 0 Å². The monoisotopic (exact) mass is 943 g/mol. The van der Waals surface area contributed by atoms with Gasteiger partial charge < -0.3 is 84.6 Å². The van der Waals surface area contributed by atoms with Crippen molar-refractivity contribution in [3.8, 4) is 0 Å². The Balaban J connectivity index is 0.985. The fraction of sp³-hybridized carbons (Fsp3) is 0.938. The van der Waals surface area contributed by atoms with Gasteiger partial charge in [0, 0.05) is 5.41 Å². The number of carbonyl (C=O) groups excluding carboxylic acids is 1. The van der Waals surface area contributed by atoms with E-state index in [0.717, 1.165) is 44.9 Å². The third-order valence-corrected chi connectivity index (χ3v) is 19.4. The third-order valence-electron chi connectivity index (χ3n) is 19.4. The van der Waals surface area contributed by atoms with Gasteiger partial charge in [0.1, 0.15) is 67.1 Å². The highest BCUT2D eigenvalue weighted by Crippen LogP contribution is 2.76. The van der Waals surface area contributed by atoms with E-state index in [1.54, 1.807) is 0 Å². The van der Waals surface area contributed by atoms with Gasteiger partial charge in [0.05, 0.1) is 37.4 Å². The van der Waals surface area contributed by atoms with E-state index in [1.165, 1.54) is 12.5 Å². The molecule has 4 saturated carbocycles. The van der Waals surface area contributed by atoms with Crippen LogP contribution in [0, 0.1) is 50.2 Å². The van der Waals surface area contributed by atoms with Gasteiger partial charge in [-0.2, -0.15) is 0 Å². The van der Waals surface area contributed by atoms with Gasteiger partial charge in [-0.3, -0.25) is 4.79 Å². The lowest BCUT2D eigenvalue weighted by Gasteiger charge is -2.71. The lowest BCUT2D eigenvalue weighted by atomic mass is 9.33. The summed E-state index contributed by atoms with van der Waals surface area (Å²) in [5.41, 5.74) is -0.838. The summed E-state index contributed by atoms with van der Waals surface area (Å²) in [5.74, 6) is -0.273. The molecule has 8 rings (SSSR count). The summed E-state index contributed by atoms with van der Waals surface area (Å²) in [6.45, 7) is 13.4. The van der Waals surface area contributed by atoms with Crippen molar-refractivity contribution in [2.75, 3.05) is 19.8 Å². The van der Waals surface area contributed by atoms with Gasteiger partial charge in [-0.1, -0.05) is 53.2 Å². The van der Waals surface area contributed by atoms with Crippen molar-refractivity contribution in [2.24, 2.45) is 50.2 Å². The van der Waals surface area contributed by atoms with Gasteiger partial charge in [0.2, 0.25) is 6.29 Å². The average molecular weight is 943 g/mol. The summed E-state index contributed by atoms with van der Waals surface area (Å²) in [6, 6.07) is 0. The molecule has 24 atom stereocenters. The Bertz CT molecular complexity index is 1800. The van der Waals surface area contributed by atoms with Crippen LogP contribution in [0.1, 0.15) is 113 Å². The minimum atomic E-state index is -1.94. The second kappa shape index (κ2) is 18.0. The predicted molar refractivity (Wildman–Crippen MR) is 230 cm³/mol. The summed E-state index contributed by atoms with van der Waals surface area (Å²) < 4.78 is 34.9. The Morgan fingerprint density at radius 2 is 1.21 bits per heavy atom. The third kappa shape index (κ3) is 7.78. The van der Waals surface area contributed by atoms with Gasteiger partial charge >= 0.3 is 5.97 Å². The summed E-state index contributed by atoms with van der Waals surface area (Å²) in [4.78, 5) is 15.0. The molecule has 0 radical (unpaired) electrons. The van der Waals surface area contributed by atoms with Crippen molar-refractivity contribution in [3.05, 3.63) is 11.6 Å². The Labute approximate surface area is 387 Å². The van der Waals surface area contributed by atoms with E-state index >= 15 is 0 Å². The first-order chi connectivity index (χ1) is 30.9. The second-order valence-corrected chi connectivity index (χ2v) is 23.3. The highest BCUT2D eigenvalue weighted by molar-refractivity contribution is 5.79. The first-order valence-electron chi connectivity index (χ1n) is 24.3. The number of aliphatic hydroxyl groups is 11. The quantitative estimate of drug-likeness (QED) is 0.108. The zero-order chi connectivity index (χ0) is 48.3. The van der Waals surface area contributed by atoms with Crippen LogP contribution in [0.3, 0.4) is 0 Å². The molecule has 8 aliphatic rings. The molecule has 0 spiro atoms. The molecule has 0 unspecified atom stereocenters. The van der Waals surface area contributed by atoms with E-state index in [9.17, 15) is 61.0 Å². The number of esters is 1. The van der Waals surface area contributed by atoms with Crippen molar-refractivity contribution >= 4 is 5.97 Å². The first-order valence-corrected chi connectivity index (χ1v) is 24.3. The van der Waals surface area contributed by atoms with E-state index in [4.69, 9.17) is 28.4 Å². The first kappa shape index (κ1) is 50.9. The fourth-order valence-corrected chi connectivity index (χ4v) is 14.9. The number of allylic oxidation sites excluding steroid dienone is 2. The molecule has 5 aliphatic carbocycles. The zero-order valence-corrected chi connectivity index (χ0v) is 39.5. The molecular formula is C48H78O18. The standard InChI is InChI=1S/C48H78O18/c1-22-30(53)31(54)34(57)39(61-22)64-37-25(19-49)62-40(35(58)32(37)55)65-38-26(20-50)63-41(36(59)33(38)56)66-42(60)48-16-14-43(2,3)18-24(48)23-8-9-28-44(4)12-11-29(52)45(5,21-51)27(44)10-13-47(28,7)46(23,6)15-17-48/h8,22,24-41,49-59H,9-21H2,1-7H3/t22-,24-,25+,26+,27+,28-,29-,30-,31+,32+,33+,34+,35+,36+,37+,38+,39-,40-,41-,44-,45-,46-,47+,48-/m0/s1. The summed E-state index contributed by atoms with van der Waals surface area (Å²) in [6.07, 6.45) is -15.3. The highest BCUT2D eigenvalue weighted by Gasteiger charge is 2.70. The van der Waals surface area contributed by atoms with Crippen molar-refractivity contribution < 1.29 is 89.4 Å². The molecule has 0 amide bonds. The van der Waals surface area contributed by atoms with Crippen molar-refractivity contribution in [3.63, 3.8) is 0 Å². The van der Waals surface area contributed by atoms with E-state index < -0.39 is 128 Å². The summed E-state index contributed by atoms with van der Waals surface area (Å²) in [7, 11) is 0. The Kier molecular flexibility index (Phi) is 13.9. The lowest BCUT2D eigenvalue weighted by Crippen LogP contribution is -2.67. The van der Waals surface area contributed by atoms with Crippen molar-refractivity contribution in [2.45, 2.75) is 211 Å². The molecule has 0 bridgehead atoms.